The lowest BCUT2D eigenvalue weighted by Gasteiger charge is -2.07. The summed E-state index contributed by atoms with van der Waals surface area (Å²) in [7, 11) is 0. The molecule has 0 fully saturated rings. The quantitative estimate of drug-likeness (QED) is 0.875. The lowest BCUT2D eigenvalue weighted by molar-refractivity contribution is 0.463. The Labute approximate surface area is 119 Å². The molecule has 2 rings (SSSR count). The second-order valence-corrected chi connectivity index (χ2v) is 4.71. The van der Waals surface area contributed by atoms with Gasteiger partial charge in [0.25, 0.3) is 0 Å². The van der Waals surface area contributed by atoms with Crippen molar-refractivity contribution >= 4 is 40.4 Å². The third kappa shape index (κ3) is 3.10. The molecule has 0 saturated heterocycles. The summed E-state index contributed by atoms with van der Waals surface area (Å²) in [5, 5.41) is 0.994. The number of ether oxygens (including phenoxy) is 1. The van der Waals surface area contributed by atoms with Crippen molar-refractivity contribution in [1.29, 1.82) is 0 Å². The summed E-state index contributed by atoms with van der Waals surface area (Å²) in [4.78, 5) is 4.36. The van der Waals surface area contributed by atoms with Gasteiger partial charge in [-0.3, -0.25) is 0 Å². The molecular formula is C12H8Cl2N2OS. The second-order valence-electron chi connectivity index (χ2n) is 3.43. The number of aromatic nitrogens is 1. The summed E-state index contributed by atoms with van der Waals surface area (Å²) in [6.45, 7) is 0. The molecule has 0 aliphatic rings. The van der Waals surface area contributed by atoms with Gasteiger partial charge in [-0.05, 0) is 18.2 Å². The van der Waals surface area contributed by atoms with E-state index in [4.69, 9.17) is 45.9 Å². The van der Waals surface area contributed by atoms with Crippen LogP contribution in [0.4, 0.5) is 0 Å². The lowest BCUT2D eigenvalue weighted by atomic mass is 10.3. The van der Waals surface area contributed by atoms with Gasteiger partial charge in [0, 0.05) is 28.9 Å². The Morgan fingerprint density at radius 3 is 2.61 bits per heavy atom. The minimum atomic E-state index is 0.287. The largest absolute Gasteiger partial charge is 0.437 e. The molecule has 1 heterocycles. The van der Waals surface area contributed by atoms with E-state index in [9.17, 15) is 0 Å². The van der Waals surface area contributed by atoms with Crippen molar-refractivity contribution in [3.8, 4) is 11.6 Å². The van der Waals surface area contributed by atoms with E-state index in [-0.39, 0.29) is 4.99 Å². The summed E-state index contributed by atoms with van der Waals surface area (Å²) in [6, 6.07) is 8.34. The van der Waals surface area contributed by atoms with Crippen LogP contribution in [0.1, 0.15) is 5.56 Å². The molecule has 0 radical (unpaired) electrons. The zero-order valence-corrected chi connectivity index (χ0v) is 11.4. The van der Waals surface area contributed by atoms with Crippen molar-refractivity contribution in [1.82, 2.24) is 4.98 Å². The van der Waals surface area contributed by atoms with E-state index in [1.165, 1.54) is 6.20 Å². The highest BCUT2D eigenvalue weighted by molar-refractivity contribution is 7.80. The maximum atomic E-state index is 5.98. The first-order chi connectivity index (χ1) is 8.56. The molecule has 0 aliphatic heterocycles. The predicted molar refractivity (Wildman–Crippen MR) is 76.7 cm³/mol. The standard InChI is InChI=1S/C12H8Cl2N2OS/c13-8-2-3-9(14)10(5-8)17-11-4-1-7(6-16-11)12(15)18/h1-6H,(H2,15,18). The molecule has 0 atom stereocenters. The minimum absolute atomic E-state index is 0.287. The van der Waals surface area contributed by atoms with Crippen LogP contribution in [0.25, 0.3) is 0 Å². The third-order valence-corrected chi connectivity index (χ3v) is 2.91. The molecule has 0 aliphatic carbocycles. The zero-order valence-electron chi connectivity index (χ0n) is 9.06. The van der Waals surface area contributed by atoms with E-state index in [1.54, 1.807) is 30.3 Å². The molecule has 1 aromatic heterocycles. The number of halogens is 2. The molecule has 6 heteroatoms. The first-order valence-electron chi connectivity index (χ1n) is 4.95. The van der Waals surface area contributed by atoms with Gasteiger partial charge in [0.15, 0.2) is 0 Å². The monoisotopic (exact) mass is 298 g/mol. The van der Waals surface area contributed by atoms with Crippen LogP contribution in [0.5, 0.6) is 11.6 Å². The Kier molecular flexibility index (Phi) is 4.01. The Hall–Kier alpha value is -1.36. The van der Waals surface area contributed by atoms with Gasteiger partial charge in [-0.25, -0.2) is 4.98 Å². The maximum Gasteiger partial charge on any atom is 0.219 e. The number of benzene rings is 1. The van der Waals surface area contributed by atoms with Crippen molar-refractivity contribution in [2.75, 3.05) is 0 Å². The number of hydrogen-bond donors (Lipinski definition) is 1. The number of rotatable bonds is 3. The van der Waals surface area contributed by atoms with E-state index in [0.717, 1.165) is 0 Å². The number of hydrogen-bond acceptors (Lipinski definition) is 3. The summed E-state index contributed by atoms with van der Waals surface area (Å²) in [6.07, 6.45) is 1.54. The normalized spacial score (nSPS) is 10.1. The topological polar surface area (TPSA) is 48.1 Å². The number of thiocarbonyl (C=S) groups is 1. The maximum absolute atomic E-state index is 5.98. The van der Waals surface area contributed by atoms with Crippen LogP contribution in [0.3, 0.4) is 0 Å². The van der Waals surface area contributed by atoms with E-state index < -0.39 is 0 Å². The second kappa shape index (κ2) is 5.52. The Bertz CT molecular complexity index is 587. The molecule has 0 amide bonds. The molecular weight excluding hydrogens is 291 g/mol. The fourth-order valence-corrected chi connectivity index (χ4v) is 1.69. The fourth-order valence-electron chi connectivity index (χ4n) is 1.25. The fraction of sp³-hybridized carbons (Fsp3) is 0. The van der Waals surface area contributed by atoms with Crippen LogP contribution in [-0.2, 0) is 0 Å². The highest BCUT2D eigenvalue weighted by Crippen LogP contribution is 2.30. The molecule has 18 heavy (non-hydrogen) atoms. The molecule has 3 nitrogen and oxygen atoms in total. The van der Waals surface area contributed by atoms with E-state index >= 15 is 0 Å². The van der Waals surface area contributed by atoms with Crippen molar-refractivity contribution in [2.24, 2.45) is 5.73 Å². The molecule has 0 spiro atoms. The van der Waals surface area contributed by atoms with Gasteiger partial charge in [-0.2, -0.15) is 0 Å². The van der Waals surface area contributed by atoms with Gasteiger partial charge in [0.05, 0.1) is 5.02 Å². The van der Waals surface area contributed by atoms with Crippen LogP contribution in [-0.4, -0.2) is 9.97 Å². The minimum Gasteiger partial charge on any atom is -0.437 e. The van der Waals surface area contributed by atoms with Crippen molar-refractivity contribution in [3.05, 3.63) is 52.1 Å². The molecule has 0 bridgehead atoms. The van der Waals surface area contributed by atoms with Gasteiger partial charge >= 0.3 is 0 Å². The highest BCUT2D eigenvalue weighted by atomic mass is 35.5. The van der Waals surface area contributed by atoms with Crippen LogP contribution in [0.15, 0.2) is 36.5 Å². The van der Waals surface area contributed by atoms with Gasteiger partial charge in [-0.15, -0.1) is 0 Å². The van der Waals surface area contributed by atoms with E-state index in [1.807, 2.05) is 0 Å². The highest BCUT2D eigenvalue weighted by Gasteiger charge is 2.05. The van der Waals surface area contributed by atoms with Crippen molar-refractivity contribution < 1.29 is 4.74 Å². The van der Waals surface area contributed by atoms with Crippen molar-refractivity contribution in [3.63, 3.8) is 0 Å². The lowest BCUT2D eigenvalue weighted by Crippen LogP contribution is -2.09. The zero-order chi connectivity index (χ0) is 13.1. The van der Waals surface area contributed by atoms with Crippen LogP contribution in [0, 0.1) is 0 Å². The van der Waals surface area contributed by atoms with Gasteiger partial charge < -0.3 is 10.5 Å². The molecule has 2 N–H and O–H groups in total. The summed E-state index contributed by atoms with van der Waals surface area (Å²) in [5.74, 6) is 0.832. The predicted octanol–water partition coefficient (Wildman–Crippen LogP) is 3.81. The third-order valence-electron chi connectivity index (χ3n) is 2.13. The van der Waals surface area contributed by atoms with Crippen LogP contribution in [0.2, 0.25) is 10.0 Å². The number of pyridine rings is 1. The molecule has 0 saturated carbocycles. The molecule has 0 unspecified atom stereocenters. The Morgan fingerprint density at radius 1 is 1.22 bits per heavy atom. The molecule has 92 valence electrons. The summed E-state index contributed by atoms with van der Waals surface area (Å²) >= 11 is 16.7. The number of nitrogens with zero attached hydrogens (tertiary/aromatic N) is 1. The van der Waals surface area contributed by atoms with Gasteiger partial charge in [0.1, 0.15) is 10.7 Å². The molecule has 1 aromatic carbocycles. The smallest absolute Gasteiger partial charge is 0.219 e. The van der Waals surface area contributed by atoms with Gasteiger partial charge in [0.2, 0.25) is 5.88 Å². The first kappa shape index (κ1) is 13.1. The molecule has 2 aromatic rings. The average Bonchev–Trinajstić information content (AvgIpc) is 2.34. The van der Waals surface area contributed by atoms with Crippen LogP contribution < -0.4 is 10.5 Å². The first-order valence-corrected chi connectivity index (χ1v) is 6.11. The summed E-state index contributed by atoms with van der Waals surface area (Å²) in [5.41, 5.74) is 6.15. The Morgan fingerprint density at radius 2 is 2.00 bits per heavy atom. The van der Waals surface area contributed by atoms with E-state index in [2.05, 4.69) is 4.98 Å². The van der Waals surface area contributed by atoms with Crippen molar-refractivity contribution in [2.45, 2.75) is 0 Å². The van der Waals surface area contributed by atoms with E-state index in [0.29, 0.717) is 27.2 Å². The van der Waals surface area contributed by atoms with Crippen LogP contribution >= 0.6 is 35.4 Å². The average molecular weight is 299 g/mol. The SMILES string of the molecule is NC(=S)c1ccc(Oc2cc(Cl)ccc2Cl)nc1. The van der Waals surface area contributed by atoms with Gasteiger partial charge in [-0.1, -0.05) is 35.4 Å². The summed E-state index contributed by atoms with van der Waals surface area (Å²) < 4.78 is 5.51. The Balaban J connectivity index is 2.23. The number of nitrogens with two attached hydrogens (primary N) is 1.